The predicted molar refractivity (Wildman–Crippen MR) is 71.3 cm³/mol. The summed E-state index contributed by atoms with van der Waals surface area (Å²) in [5.41, 5.74) is 8.05. The topological polar surface area (TPSA) is 35.2 Å². The Morgan fingerprint density at radius 1 is 1.17 bits per heavy atom. The molecular weight excluding hydrogens is 253 g/mol. The fourth-order valence-electron chi connectivity index (χ4n) is 1.88. The van der Waals surface area contributed by atoms with E-state index in [-0.39, 0.29) is 5.82 Å². The van der Waals surface area contributed by atoms with Gasteiger partial charge in [0.1, 0.15) is 11.6 Å². The van der Waals surface area contributed by atoms with Crippen LogP contribution in [-0.2, 0) is 6.54 Å². The van der Waals surface area contributed by atoms with Crippen LogP contribution in [0.25, 0.3) is 11.1 Å². The maximum Gasteiger partial charge on any atom is 0.126 e. The molecule has 18 heavy (non-hydrogen) atoms. The Morgan fingerprint density at radius 2 is 1.94 bits per heavy atom. The smallest absolute Gasteiger partial charge is 0.126 e. The Morgan fingerprint density at radius 3 is 2.61 bits per heavy atom. The molecule has 2 N–H and O–H groups in total. The van der Waals surface area contributed by atoms with Crippen LogP contribution in [0.3, 0.4) is 0 Å². The Labute approximate surface area is 110 Å². The van der Waals surface area contributed by atoms with E-state index in [9.17, 15) is 4.39 Å². The van der Waals surface area contributed by atoms with E-state index < -0.39 is 0 Å². The zero-order chi connectivity index (χ0) is 13.1. The van der Waals surface area contributed by atoms with Crippen LogP contribution >= 0.6 is 11.6 Å². The highest BCUT2D eigenvalue weighted by molar-refractivity contribution is 6.30. The van der Waals surface area contributed by atoms with Gasteiger partial charge in [0.25, 0.3) is 0 Å². The maximum absolute atomic E-state index is 13.4. The van der Waals surface area contributed by atoms with Crippen molar-refractivity contribution in [3.05, 3.63) is 52.8 Å². The number of benzene rings is 2. The van der Waals surface area contributed by atoms with Gasteiger partial charge in [0.05, 0.1) is 7.11 Å². The predicted octanol–water partition coefficient (Wildman–Crippen LogP) is 3.61. The molecule has 2 nitrogen and oxygen atoms in total. The molecule has 4 heteroatoms. The summed E-state index contributed by atoms with van der Waals surface area (Å²) < 4.78 is 18.6. The van der Waals surface area contributed by atoms with Crippen molar-refractivity contribution in [2.24, 2.45) is 5.73 Å². The van der Waals surface area contributed by atoms with Crippen molar-refractivity contribution in [1.82, 2.24) is 0 Å². The second-order valence-corrected chi connectivity index (χ2v) is 4.29. The molecule has 0 atom stereocenters. The first-order chi connectivity index (χ1) is 8.65. The van der Waals surface area contributed by atoms with E-state index in [0.29, 0.717) is 22.9 Å². The molecule has 0 amide bonds. The average molecular weight is 266 g/mol. The second kappa shape index (κ2) is 5.38. The number of nitrogens with two attached hydrogens (primary N) is 1. The van der Waals surface area contributed by atoms with E-state index in [1.807, 2.05) is 6.07 Å². The molecule has 2 aromatic carbocycles. The highest BCUT2D eigenvalue weighted by Crippen LogP contribution is 2.34. The van der Waals surface area contributed by atoms with Gasteiger partial charge in [-0.3, -0.25) is 0 Å². The summed E-state index contributed by atoms with van der Waals surface area (Å²) in [4.78, 5) is 0. The molecule has 2 rings (SSSR count). The van der Waals surface area contributed by atoms with Crippen LogP contribution in [0, 0.1) is 5.82 Å². The third kappa shape index (κ3) is 2.47. The molecule has 2 aromatic rings. The number of hydrogen-bond donors (Lipinski definition) is 1. The molecule has 94 valence electrons. The first kappa shape index (κ1) is 12.9. The third-order valence-electron chi connectivity index (χ3n) is 2.74. The number of rotatable bonds is 3. The molecule has 0 saturated heterocycles. The van der Waals surface area contributed by atoms with Crippen LogP contribution in [0.5, 0.6) is 5.75 Å². The van der Waals surface area contributed by atoms with Crippen LogP contribution in [0.15, 0.2) is 36.4 Å². The van der Waals surface area contributed by atoms with Crippen LogP contribution in [0.4, 0.5) is 4.39 Å². The van der Waals surface area contributed by atoms with Gasteiger partial charge >= 0.3 is 0 Å². The first-order valence-corrected chi connectivity index (χ1v) is 5.86. The summed E-state index contributed by atoms with van der Waals surface area (Å²) in [5.74, 6) is 0.289. The lowest BCUT2D eigenvalue weighted by molar-refractivity contribution is 0.415. The average Bonchev–Trinajstić information content (AvgIpc) is 2.38. The summed E-state index contributed by atoms with van der Waals surface area (Å²) in [6.45, 7) is 0.329. The SMILES string of the molecule is COc1ccc(F)cc1-c1ccc(Cl)cc1CN. The lowest BCUT2D eigenvalue weighted by atomic mass is 9.98. The third-order valence-corrected chi connectivity index (χ3v) is 2.97. The van der Waals surface area contributed by atoms with Crippen molar-refractivity contribution in [3.63, 3.8) is 0 Å². The molecule has 0 spiro atoms. The van der Waals surface area contributed by atoms with Gasteiger partial charge in [-0.25, -0.2) is 4.39 Å². The van der Waals surface area contributed by atoms with Gasteiger partial charge in [-0.15, -0.1) is 0 Å². The van der Waals surface area contributed by atoms with Crippen LogP contribution in [-0.4, -0.2) is 7.11 Å². The zero-order valence-electron chi connectivity index (χ0n) is 9.91. The lowest BCUT2D eigenvalue weighted by Gasteiger charge is -2.12. The highest BCUT2D eigenvalue weighted by atomic mass is 35.5. The number of methoxy groups -OCH3 is 1. The molecule has 0 saturated carbocycles. The minimum atomic E-state index is -0.316. The zero-order valence-corrected chi connectivity index (χ0v) is 10.7. The van der Waals surface area contributed by atoms with E-state index in [0.717, 1.165) is 11.1 Å². The summed E-state index contributed by atoms with van der Waals surface area (Å²) in [7, 11) is 1.55. The fourth-order valence-corrected chi connectivity index (χ4v) is 2.08. The number of ether oxygens (including phenoxy) is 1. The quantitative estimate of drug-likeness (QED) is 0.920. The molecule has 0 radical (unpaired) electrons. The molecule has 0 unspecified atom stereocenters. The Balaban J connectivity index is 2.64. The number of halogens is 2. The molecular formula is C14H13ClFNO. The van der Waals surface area contributed by atoms with Crippen molar-refractivity contribution in [2.75, 3.05) is 7.11 Å². The minimum absolute atomic E-state index is 0.316. The summed E-state index contributed by atoms with van der Waals surface area (Å²) in [6, 6.07) is 9.74. The first-order valence-electron chi connectivity index (χ1n) is 5.48. The summed E-state index contributed by atoms with van der Waals surface area (Å²) in [6.07, 6.45) is 0. The van der Waals surface area contributed by atoms with Gasteiger partial charge in [-0.05, 0) is 41.5 Å². The van der Waals surface area contributed by atoms with Gasteiger partial charge in [0, 0.05) is 17.1 Å². The van der Waals surface area contributed by atoms with Gasteiger partial charge in [0.15, 0.2) is 0 Å². The molecule has 0 aromatic heterocycles. The van der Waals surface area contributed by atoms with Gasteiger partial charge in [-0.2, -0.15) is 0 Å². The Kier molecular flexibility index (Phi) is 3.84. The van der Waals surface area contributed by atoms with E-state index in [1.54, 1.807) is 25.3 Å². The van der Waals surface area contributed by atoms with Crippen LogP contribution in [0.1, 0.15) is 5.56 Å². The Hall–Kier alpha value is -1.58. The Bertz CT molecular complexity index is 572. The molecule has 0 aliphatic rings. The largest absolute Gasteiger partial charge is 0.496 e. The van der Waals surface area contributed by atoms with Gasteiger partial charge in [-0.1, -0.05) is 17.7 Å². The van der Waals surface area contributed by atoms with E-state index in [2.05, 4.69) is 0 Å². The van der Waals surface area contributed by atoms with E-state index in [4.69, 9.17) is 22.1 Å². The van der Waals surface area contributed by atoms with E-state index in [1.165, 1.54) is 12.1 Å². The fraction of sp³-hybridized carbons (Fsp3) is 0.143. The van der Waals surface area contributed by atoms with Crippen molar-refractivity contribution in [3.8, 4) is 16.9 Å². The van der Waals surface area contributed by atoms with Crippen molar-refractivity contribution >= 4 is 11.6 Å². The molecule has 0 fully saturated rings. The van der Waals surface area contributed by atoms with Crippen molar-refractivity contribution in [2.45, 2.75) is 6.54 Å². The van der Waals surface area contributed by atoms with Gasteiger partial charge in [0.2, 0.25) is 0 Å². The standard InChI is InChI=1S/C14H13ClFNO/c1-18-14-5-3-11(16)7-13(14)12-4-2-10(15)6-9(12)8-17/h2-7H,8,17H2,1H3. The molecule has 0 heterocycles. The minimum Gasteiger partial charge on any atom is -0.496 e. The van der Waals surface area contributed by atoms with Gasteiger partial charge < -0.3 is 10.5 Å². The summed E-state index contributed by atoms with van der Waals surface area (Å²) in [5, 5.41) is 0.606. The summed E-state index contributed by atoms with van der Waals surface area (Å²) >= 11 is 5.93. The normalized spacial score (nSPS) is 10.4. The van der Waals surface area contributed by atoms with Crippen molar-refractivity contribution in [1.29, 1.82) is 0 Å². The second-order valence-electron chi connectivity index (χ2n) is 3.85. The van der Waals surface area contributed by atoms with Crippen LogP contribution in [0.2, 0.25) is 5.02 Å². The molecule has 0 aliphatic heterocycles. The van der Waals surface area contributed by atoms with E-state index >= 15 is 0 Å². The molecule has 0 aliphatic carbocycles. The maximum atomic E-state index is 13.4. The highest BCUT2D eigenvalue weighted by Gasteiger charge is 2.11. The molecule has 0 bridgehead atoms. The lowest BCUT2D eigenvalue weighted by Crippen LogP contribution is -2.00. The monoisotopic (exact) mass is 265 g/mol. The van der Waals surface area contributed by atoms with Crippen molar-refractivity contribution < 1.29 is 9.13 Å². The van der Waals surface area contributed by atoms with Crippen LogP contribution < -0.4 is 10.5 Å². The number of hydrogen-bond acceptors (Lipinski definition) is 2.